The van der Waals surface area contributed by atoms with Crippen LogP contribution in [0.25, 0.3) is 0 Å². The Morgan fingerprint density at radius 2 is 1.90 bits per heavy atom. The predicted molar refractivity (Wildman–Crippen MR) is 84.6 cm³/mol. The molecular formula is C16H14BrNO3. The van der Waals surface area contributed by atoms with Crippen LogP contribution in [0.5, 0.6) is 0 Å². The Balaban J connectivity index is 2.16. The van der Waals surface area contributed by atoms with E-state index in [0.717, 1.165) is 10.0 Å². The smallest absolute Gasteiger partial charge is 0.335 e. The summed E-state index contributed by atoms with van der Waals surface area (Å²) >= 11 is 3.37. The van der Waals surface area contributed by atoms with E-state index in [4.69, 9.17) is 5.11 Å². The fourth-order valence-electron chi connectivity index (χ4n) is 1.99. The molecule has 4 nitrogen and oxygen atoms in total. The fraction of sp³-hybridized carbons (Fsp3) is 0.125. The van der Waals surface area contributed by atoms with E-state index in [2.05, 4.69) is 21.2 Å². The third-order valence-electron chi connectivity index (χ3n) is 2.99. The fourth-order valence-corrected chi connectivity index (χ4v) is 2.33. The monoisotopic (exact) mass is 347 g/mol. The van der Waals surface area contributed by atoms with Crippen LogP contribution in [0, 0.1) is 6.92 Å². The molecule has 0 aliphatic rings. The van der Waals surface area contributed by atoms with Crippen LogP contribution in [0.4, 0.5) is 5.69 Å². The van der Waals surface area contributed by atoms with E-state index in [9.17, 15) is 9.59 Å². The van der Waals surface area contributed by atoms with Crippen molar-refractivity contribution in [3.05, 3.63) is 63.6 Å². The summed E-state index contributed by atoms with van der Waals surface area (Å²) in [6.45, 7) is 1.93. The highest BCUT2D eigenvalue weighted by atomic mass is 79.9. The molecule has 0 heterocycles. The van der Waals surface area contributed by atoms with Crippen molar-refractivity contribution in [1.82, 2.24) is 0 Å². The van der Waals surface area contributed by atoms with E-state index in [1.807, 2.05) is 25.1 Å². The number of rotatable bonds is 4. The third kappa shape index (κ3) is 3.92. The minimum atomic E-state index is -1.03. The number of hydrogen-bond donors (Lipinski definition) is 2. The first-order valence-electron chi connectivity index (χ1n) is 6.34. The molecule has 2 rings (SSSR count). The third-order valence-corrected chi connectivity index (χ3v) is 3.69. The van der Waals surface area contributed by atoms with Crippen LogP contribution >= 0.6 is 15.9 Å². The summed E-state index contributed by atoms with van der Waals surface area (Å²) in [5.74, 6) is -1.29. The van der Waals surface area contributed by atoms with Gasteiger partial charge in [-0.3, -0.25) is 4.79 Å². The summed E-state index contributed by atoms with van der Waals surface area (Å²) in [5.41, 5.74) is 2.34. The van der Waals surface area contributed by atoms with Gasteiger partial charge in [-0.25, -0.2) is 4.79 Å². The summed E-state index contributed by atoms with van der Waals surface area (Å²) in [7, 11) is 0. The maximum Gasteiger partial charge on any atom is 0.335 e. The number of nitrogens with one attached hydrogen (secondary N) is 1. The number of hydrogen-bond acceptors (Lipinski definition) is 2. The summed E-state index contributed by atoms with van der Waals surface area (Å²) in [5, 5.41) is 11.9. The SMILES string of the molecule is Cc1ccc(Br)c(NC(=O)Cc2ccccc2C(=O)O)c1. The van der Waals surface area contributed by atoms with E-state index in [1.54, 1.807) is 18.2 Å². The van der Waals surface area contributed by atoms with Gasteiger partial charge in [0.25, 0.3) is 0 Å². The molecule has 5 heteroatoms. The summed E-state index contributed by atoms with van der Waals surface area (Å²) in [6, 6.07) is 12.1. The van der Waals surface area contributed by atoms with E-state index in [-0.39, 0.29) is 17.9 Å². The number of amides is 1. The van der Waals surface area contributed by atoms with Gasteiger partial charge in [-0.05, 0) is 52.2 Å². The highest BCUT2D eigenvalue weighted by Gasteiger charge is 2.13. The molecule has 2 N–H and O–H groups in total. The lowest BCUT2D eigenvalue weighted by molar-refractivity contribution is -0.115. The van der Waals surface area contributed by atoms with Gasteiger partial charge < -0.3 is 10.4 Å². The van der Waals surface area contributed by atoms with E-state index >= 15 is 0 Å². The highest BCUT2D eigenvalue weighted by Crippen LogP contribution is 2.23. The van der Waals surface area contributed by atoms with Crippen LogP contribution in [0.2, 0.25) is 0 Å². The second-order valence-electron chi connectivity index (χ2n) is 4.67. The predicted octanol–water partition coefficient (Wildman–Crippen LogP) is 3.64. The van der Waals surface area contributed by atoms with Crippen molar-refractivity contribution in [2.24, 2.45) is 0 Å². The molecule has 0 aliphatic heterocycles. The topological polar surface area (TPSA) is 66.4 Å². The van der Waals surface area contributed by atoms with Crippen molar-refractivity contribution in [3.63, 3.8) is 0 Å². The zero-order valence-electron chi connectivity index (χ0n) is 11.4. The molecule has 0 aromatic heterocycles. The molecule has 2 aromatic carbocycles. The minimum Gasteiger partial charge on any atom is -0.478 e. The standard InChI is InChI=1S/C16H14BrNO3/c1-10-6-7-13(17)14(8-10)18-15(19)9-11-4-2-3-5-12(11)16(20)21/h2-8H,9H2,1H3,(H,18,19)(H,20,21). The molecule has 2 aromatic rings. The minimum absolute atomic E-state index is 0.0167. The van der Waals surface area contributed by atoms with Crippen LogP contribution in [-0.4, -0.2) is 17.0 Å². The van der Waals surface area contributed by atoms with E-state index in [1.165, 1.54) is 6.07 Å². The number of anilines is 1. The maximum absolute atomic E-state index is 12.1. The number of carboxylic acid groups (broad SMARTS) is 1. The number of aryl methyl sites for hydroxylation is 1. The molecule has 0 saturated heterocycles. The zero-order chi connectivity index (χ0) is 15.4. The van der Waals surface area contributed by atoms with Crippen molar-refractivity contribution in [3.8, 4) is 0 Å². The first-order chi connectivity index (χ1) is 9.97. The molecule has 0 unspecified atom stereocenters. The van der Waals surface area contributed by atoms with Crippen LogP contribution in [-0.2, 0) is 11.2 Å². The quantitative estimate of drug-likeness (QED) is 0.887. The number of carboxylic acids is 1. The van der Waals surface area contributed by atoms with Gasteiger partial charge in [0.15, 0.2) is 0 Å². The van der Waals surface area contributed by atoms with Crippen LogP contribution in [0.15, 0.2) is 46.9 Å². The lowest BCUT2D eigenvalue weighted by Gasteiger charge is -2.09. The average Bonchev–Trinajstić information content (AvgIpc) is 2.43. The zero-order valence-corrected chi connectivity index (χ0v) is 13.0. The number of carbonyl (C=O) groups excluding carboxylic acids is 1. The molecule has 0 radical (unpaired) electrons. The van der Waals surface area contributed by atoms with Gasteiger partial charge >= 0.3 is 5.97 Å². The van der Waals surface area contributed by atoms with Crippen LogP contribution in [0.3, 0.4) is 0 Å². The lowest BCUT2D eigenvalue weighted by atomic mass is 10.0. The Bertz CT molecular complexity index is 698. The lowest BCUT2D eigenvalue weighted by Crippen LogP contribution is -2.16. The van der Waals surface area contributed by atoms with Crippen molar-refractivity contribution < 1.29 is 14.7 Å². The summed E-state index contributed by atoms with van der Waals surface area (Å²) in [4.78, 5) is 23.2. The number of benzene rings is 2. The molecule has 0 aliphatic carbocycles. The van der Waals surface area contributed by atoms with Crippen LogP contribution in [0.1, 0.15) is 21.5 Å². The van der Waals surface area contributed by atoms with Gasteiger partial charge in [-0.15, -0.1) is 0 Å². The second-order valence-corrected chi connectivity index (χ2v) is 5.52. The highest BCUT2D eigenvalue weighted by molar-refractivity contribution is 9.10. The summed E-state index contributed by atoms with van der Waals surface area (Å²) < 4.78 is 0.785. The van der Waals surface area contributed by atoms with Gasteiger partial charge in [0, 0.05) is 4.47 Å². The number of aromatic carboxylic acids is 1. The van der Waals surface area contributed by atoms with Gasteiger partial charge in [-0.1, -0.05) is 24.3 Å². The molecule has 0 bridgehead atoms. The van der Waals surface area contributed by atoms with Gasteiger partial charge in [0.05, 0.1) is 17.7 Å². The Kier molecular flexibility index (Phi) is 4.75. The van der Waals surface area contributed by atoms with Crippen molar-refractivity contribution in [2.75, 3.05) is 5.32 Å². The molecule has 0 saturated carbocycles. The van der Waals surface area contributed by atoms with E-state index in [0.29, 0.717) is 11.3 Å². The van der Waals surface area contributed by atoms with Crippen LogP contribution < -0.4 is 5.32 Å². The van der Waals surface area contributed by atoms with Crippen molar-refractivity contribution in [1.29, 1.82) is 0 Å². The normalized spacial score (nSPS) is 10.2. The van der Waals surface area contributed by atoms with E-state index < -0.39 is 5.97 Å². The number of halogens is 1. The Hall–Kier alpha value is -2.14. The molecule has 21 heavy (non-hydrogen) atoms. The largest absolute Gasteiger partial charge is 0.478 e. The number of carbonyl (C=O) groups is 2. The Morgan fingerprint density at radius 3 is 2.62 bits per heavy atom. The molecule has 0 fully saturated rings. The van der Waals surface area contributed by atoms with Gasteiger partial charge in [0.2, 0.25) is 5.91 Å². The molecule has 1 amide bonds. The second kappa shape index (κ2) is 6.54. The van der Waals surface area contributed by atoms with Gasteiger partial charge in [-0.2, -0.15) is 0 Å². The summed E-state index contributed by atoms with van der Waals surface area (Å²) in [6.07, 6.45) is 0.0167. The molecule has 108 valence electrons. The first kappa shape index (κ1) is 15.3. The van der Waals surface area contributed by atoms with Crippen molar-refractivity contribution in [2.45, 2.75) is 13.3 Å². The van der Waals surface area contributed by atoms with Crippen molar-refractivity contribution >= 4 is 33.5 Å². The average molecular weight is 348 g/mol. The molecule has 0 spiro atoms. The molecule has 0 atom stereocenters. The maximum atomic E-state index is 12.1. The molecular weight excluding hydrogens is 334 g/mol. The Morgan fingerprint density at radius 1 is 1.19 bits per heavy atom. The van der Waals surface area contributed by atoms with Gasteiger partial charge in [0.1, 0.15) is 0 Å². The first-order valence-corrected chi connectivity index (χ1v) is 7.14. The Labute approximate surface area is 130 Å².